The van der Waals surface area contributed by atoms with Crippen LogP contribution in [0.1, 0.15) is 45.1 Å². The fraction of sp³-hybridized carbons (Fsp3) is 0.529. The molecule has 0 heterocycles. The molecular weight excluding hydrogens is 283 g/mol. The summed E-state index contributed by atoms with van der Waals surface area (Å²) < 4.78 is 22.8. The molecule has 0 radical (unpaired) electrons. The molecular formula is C17H27O3P. The highest BCUT2D eigenvalue weighted by Gasteiger charge is 2.22. The molecule has 1 rings (SSSR count). The van der Waals surface area contributed by atoms with Crippen molar-refractivity contribution in [2.45, 2.75) is 39.5 Å². The Kier molecular flexibility index (Phi) is 9.32. The van der Waals surface area contributed by atoms with E-state index in [2.05, 4.69) is 24.3 Å². The summed E-state index contributed by atoms with van der Waals surface area (Å²) in [4.78, 5) is 0. The predicted molar refractivity (Wildman–Crippen MR) is 89.7 cm³/mol. The number of unbranched alkanes of at least 4 members (excludes halogenated alkanes) is 3. The Morgan fingerprint density at radius 1 is 1.00 bits per heavy atom. The Hall–Kier alpha value is -0.890. The van der Waals surface area contributed by atoms with Crippen molar-refractivity contribution in [3.05, 3.63) is 42.0 Å². The van der Waals surface area contributed by atoms with E-state index >= 15 is 0 Å². The molecule has 0 aliphatic rings. The molecule has 0 unspecified atom stereocenters. The molecule has 1 aromatic carbocycles. The van der Waals surface area contributed by atoms with Gasteiger partial charge in [0.1, 0.15) is 0 Å². The fourth-order valence-electron chi connectivity index (χ4n) is 2.09. The minimum atomic E-state index is -2.84. The summed E-state index contributed by atoms with van der Waals surface area (Å²) in [6, 6.07) is 10.3. The van der Waals surface area contributed by atoms with E-state index in [4.69, 9.17) is 9.05 Å². The summed E-state index contributed by atoms with van der Waals surface area (Å²) in [7, 11) is -2.84. The molecule has 4 heteroatoms. The first-order valence-corrected chi connectivity index (χ1v) is 9.52. The highest BCUT2D eigenvalue weighted by Crippen LogP contribution is 2.48. The third kappa shape index (κ3) is 8.21. The minimum Gasteiger partial charge on any atom is -0.309 e. The lowest BCUT2D eigenvalue weighted by molar-refractivity contribution is 0.219. The van der Waals surface area contributed by atoms with Gasteiger partial charge in [0.15, 0.2) is 0 Å². The first kappa shape index (κ1) is 18.2. The maximum absolute atomic E-state index is 12.2. The average molecular weight is 310 g/mol. The SMILES string of the molecule is CCOP(=O)(CCCCCC=Cc1ccccc1)OCC. The molecule has 0 saturated heterocycles. The Balaban J connectivity index is 2.16. The van der Waals surface area contributed by atoms with Crippen LogP contribution in [0.3, 0.4) is 0 Å². The van der Waals surface area contributed by atoms with Gasteiger partial charge in [-0.05, 0) is 38.7 Å². The van der Waals surface area contributed by atoms with Crippen LogP contribution < -0.4 is 0 Å². The van der Waals surface area contributed by atoms with Gasteiger partial charge < -0.3 is 9.05 Å². The summed E-state index contributed by atoms with van der Waals surface area (Å²) in [5.74, 6) is 0. The standard InChI is InChI=1S/C17H27O3P/c1-3-19-21(18,20-4-2)16-12-7-5-6-9-13-17-14-10-8-11-15-17/h8-11,13-15H,3-7,12,16H2,1-2H3. The molecule has 0 fully saturated rings. The van der Waals surface area contributed by atoms with E-state index in [0.717, 1.165) is 25.7 Å². The fourth-order valence-corrected chi connectivity index (χ4v) is 3.82. The van der Waals surface area contributed by atoms with Gasteiger partial charge in [0.05, 0.1) is 19.4 Å². The zero-order chi connectivity index (χ0) is 15.4. The molecule has 0 amide bonds. The van der Waals surface area contributed by atoms with E-state index in [1.807, 2.05) is 32.0 Å². The van der Waals surface area contributed by atoms with Crippen molar-refractivity contribution in [3.63, 3.8) is 0 Å². The summed E-state index contributed by atoms with van der Waals surface area (Å²) >= 11 is 0. The lowest BCUT2D eigenvalue weighted by atomic mass is 10.1. The van der Waals surface area contributed by atoms with Gasteiger partial charge in [-0.25, -0.2) is 0 Å². The molecule has 1 aromatic rings. The van der Waals surface area contributed by atoms with Crippen molar-refractivity contribution in [2.24, 2.45) is 0 Å². The van der Waals surface area contributed by atoms with Crippen LogP contribution >= 0.6 is 7.60 Å². The first-order valence-electron chi connectivity index (χ1n) is 7.80. The Labute approximate surface area is 128 Å². The van der Waals surface area contributed by atoms with Crippen molar-refractivity contribution in [1.29, 1.82) is 0 Å². The molecule has 0 atom stereocenters. The zero-order valence-corrected chi connectivity index (χ0v) is 14.1. The smallest absolute Gasteiger partial charge is 0.309 e. The van der Waals surface area contributed by atoms with Crippen molar-refractivity contribution in [2.75, 3.05) is 19.4 Å². The van der Waals surface area contributed by atoms with Gasteiger partial charge in [-0.3, -0.25) is 4.57 Å². The molecule has 0 spiro atoms. The molecule has 21 heavy (non-hydrogen) atoms. The number of benzene rings is 1. The number of allylic oxidation sites excluding steroid dienone is 1. The summed E-state index contributed by atoms with van der Waals surface area (Å²) in [5, 5.41) is 0. The van der Waals surface area contributed by atoms with E-state index < -0.39 is 7.60 Å². The molecule has 0 aliphatic heterocycles. The average Bonchev–Trinajstić information content (AvgIpc) is 2.48. The number of hydrogen-bond donors (Lipinski definition) is 0. The Morgan fingerprint density at radius 3 is 2.29 bits per heavy atom. The molecule has 0 aromatic heterocycles. The summed E-state index contributed by atoms with van der Waals surface area (Å²) in [6.45, 7) is 4.58. The molecule has 118 valence electrons. The lowest BCUT2D eigenvalue weighted by Gasteiger charge is -2.16. The molecule has 3 nitrogen and oxygen atoms in total. The van der Waals surface area contributed by atoms with Gasteiger partial charge in [-0.1, -0.05) is 48.9 Å². The maximum Gasteiger partial charge on any atom is 0.330 e. The van der Waals surface area contributed by atoms with Crippen LogP contribution in [0, 0.1) is 0 Å². The van der Waals surface area contributed by atoms with Crippen molar-refractivity contribution >= 4 is 13.7 Å². The molecule has 0 saturated carbocycles. The van der Waals surface area contributed by atoms with Crippen LogP contribution in [0.4, 0.5) is 0 Å². The second kappa shape index (κ2) is 10.8. The summed E-state index contributed by atoms with van der Waals surface area (Å²) in [5.41, 5.74) is 1.23. The normalized spacial score (nSPS) is 12.1. The lowest BCUT2D eigenvalue weighted by Crippen LogP contribution is -2.00. The second-order valence-corrected chi connectivity index (χ2v) is 7.02. The van der Waals surface area contributed by atoms with Crippen LogP contribution in [-0.4, -0.2) is 19.4 Å². The van der Waals surface area contributed by atoms with Gasteiger partial charge >= 0.3 is 7.60 Å². The van der Waals surface area contributed by atoms with Gasteiger partial charge in [0, 0.05) is 0 Å². The van der Waals surface area contributed by atoms with Crippen molar-refractivity contribution in [3.8, 4) is 0 Å². The molecule has 0 bridgehead atoms. The van der Waals surface area contributed by atoms with Gasteiger partial charge in [-0.15, -0.1) is 0 Å². The number of hydrogen-bond acceptors (Lipinski definition) is 3. The monoisotopic (exact) mass is 310 g/mol. The number of rotatable bonds is 11. The first-order chi connectivity index (χ1) is 10.2. The van der Waals surface area contributed by atoms with E-state index in [1.165, 1.54) is 5.56 Å². The molecule has 0 aliphatic carbocycles. The van der Waals surface area contributed by atoms with Crippen molar-refractivity contribution < 1.29 is 13.6 Å². The topological polar surface area (TPSA) is 35.5 Å². The van der Waals surface area contributed by atoms with Crippen LogP contribution in [0.5, 0.6) is 0 Å². The quantitative estimate of drug-likeness (QED) is 0.398. The van der Waals surface area contributed by atoms with Crippen LogP contribution in [0.15, 0.2) is 36.4 Å². The van der Waals surface area contributed by atoms with E-state index in [0.29, 0.717) is 19.4 Å². The maximum atomic E-state index is 12.2. The highest BCUT2D eigenvalue weighted by molar-refractivity contribution is 7.53. The van der Waals surface area contributed by atoms with Crippen LogP contribution in [-0.2, 0) is 13.6 Å². The third-order valence-corrected chi connectivity index (χ3v) is 5.23. The highest BCUT2D eigenvalue weighted by atomic mass is 31.2. The Bertz CT molecular complexity index is 433. The van der Waals surface area contributed by atoms with Crippen LogP contribution in [0.25, 0.3) is 6.08 Å². The third-order valence-electron chi connectivity index (χ3n) is 3.06. The van der Waals surface area contributed by atoms with Gasteiger partial charge in [0.2, 0.25) is 0 Å². The summed E-state index contributed by atoms with van der Waals surface area (Å²) in [6.07, 6.45) is 8.94. The predicted octanol–water partition coefficient (Wildman–Crippen LogP) is 5.53. The zero-order valence-electron chi connectivity index (χ0n) is 13.2. The van der Waals surface area contributed by atoms with E-state index in [9.17, 15) is 4.57 Å². The van der Waals surface area contributed by atoms with E-state index in [-0.39, 0.29) is 0 Å². The largest absolute Gasteiger partial charge is 0.330 e. The van der Waals surface area contributed by atoms with Crippen molar-refractivity contribution in [1.82, 2.24) is 0 Å². The second-order valence-electron chi connectivity index (χ2n) is 4.83. The molecule has 0 N–H and O–H groups in total. The Morgan fingerprint density at radius 2 is 1.67 bits per heavy atom. The van der Waals surface area contributed by atoms with E-state index in [1.54, 1.807) is 0 Å². The van der Waals surface area contributed by atoms with Gasteiger partial charge in [-0.2, -0.15) is 0 Å². The minimum absolute atomic E-state index is 0.442. The van der Waals surface area contributed by atoms with Crippen LogP contribution in [0.2, 0.25) is 0 Å². The van der Waals surface area contributed by atoms with Gasteiger partial charge in [0.25, 0.3) is 0 Å².